The van der Waals surface area contributed by atoms with Gasteiger partial charge in [-0.15, -0.1) is 0 Å². The molecule has 0 aliphatic rings. The maximum atomic E-state index is 11.9. The zero-order chi connectivity index (χ0) is 21.3. The quantitative estimate of drug-likeness (QED) is 0.295. The van der Waals surface area contributed by atoms with E-state index in [1.54, 1.807) is 20.1 Å². The highest BCUT2D eigenvalue weighted by Gasteiger charge is 2.15. The van der Waals surface area contributed by atoms with E-state index in [9.17, 15) is 4.79 Å². The number of benzene rings is 2. The molecule has 0 bridgehead atoms. The minimum absolute atomic E-state index is 0.341. The van der Waals surface area contributed by atoms with Crippen molar-refractivity contribution in [2.75, 3.05) is 23.5 Å². The first-order valence-corrected chi connectivity index (χ1v) is 10.7. The number of aromatic nitrogens is 1. The molecular formula is C23H26N4O2S. The number of carbonyl (C=O) groups is 1. The van der Waals surface area contributed by atoms with Crippen molar-refractivity contribution >= 4 is 34.3 Å². The molecule has 2 aromatic carbocycles. The van der Waals surface area contributed by atoms with Gasteiger partial charge in [-0.25, -0.2) is 9.78 Å². The number of hydrogen-bond donors (Lipinski definition) is 1. The van der Waals surface area contributed by atoms with Crippen LogP contribution in [0.2, 0.25) is 0 Å². The van der Waals surface area contributed by atoms with Crippen LogP contribution in [0.4, 0.5) is 10.8 Å². The lowest BCUT2D eigenvalue weighted by molar-refractivity contribution is 0.0531. The van der Waals surface area contributed by atoms with Crippen molar-refractivity contribution in [3.8, 4) is 0 Å². The summed E-state index contributed by atoms with van der Waals surface area (Å²) in [7, 11) is 0. The lowest BCUT2D eigenvalue weighted by Gasteiger charge is -2.23. The molecule has 6 nitrogen and oxygen atoms in total. The third-order valence-corrected chi connectivity index (χ3v) is 5.53. The predicted octanol–water partition coefficient (Wildman–Crippen LogP) is 5.10. The molecule has 1 aromatic heterocycles. The van der Waals surface area contributed by atoms with Gasteiger partial charge in [-0.3, -0.25) is 5.43 Å². The number of aryl methyl sites for hydroxylation is 1. The number of esters is 1. The first kappa shape index (κ1) is 21.5. The number of hydrogen-bond acceptors (Lipinski definition) is 7. The predicted molar refractivity (Wildman–Crippen MR) is 124 cm³/mol. The van der Waals surface area contributed by atoms with Crippen molar-refractivity contribution in [2.45, 2.75) is 27.3 Å². The summed E-state index contributed by atoms with van der Waals surface area (Å²) in [6.07, 6.45) is 1.73. The van der Waals surface area contributed by atoms with E-state index in [0.717, 1.165) is 18.7 Å². The third-order valence-electron chi connectivity index (χ3n) is 4.49. The molecule has 0 saturated carbocycles. The summed E-state index contributed by atoms with van der Waals surface area (Å²) in [5.74, 6) is -0.351. The zero-order valence-electron chi connectivity index (χ0n) is 17.5. The van der Waals surface area contributed by atoms with Gasteiger partial charge in [-0.05, 0) is 44.0 Å². The van der Waals surface area contributed by atoms with Crippen molar-refractivity contribution in [1.82, 2.24) is 4.98 Å². The minimum Gasteiger partial charge on any atom is -0.462 e. The summed E-state index contributed by atoms with van der Waals surface area (Å²) in [4.78, 5) is 19.0. The van der Waals surface area contributed by atoms with Gasteiger partial charge < -0.3 is 9.64 Å². The van der Waals surface area contributed by atoms with Gasteiger partial charge in [0.25, 0.3) is 0 Å². The van der Waals surface area contributed by atoms with E-state index < -0.39 is 0 Å². The first-order valence-electron chi connectivity index (χ1n) is 9.93. The number of anilines is 2. The van der Waals surface area contributed by atoms with E-state index in [2.05, 4.69) is 63.7 Å². The van der Waals surface area contributed by atoms with Crippen LogP contribution in [-0.2, 0) is 11.3 Å². The van der Waals surface area contributed by atoms with Gasteiger partial charge in [-0.2, -0.15) is 5.10 Å². The van der Waals surface area contributed by atoms with Crippen molar-refractivity contribution in [2.24, 2.45) is 5.10 Å². The minimum atomic E-state index is -0.351. The van der Waals surface area contributed by atoms with Gasteiger partial charge in [-0.1, -0.05) is 53.8 Å². The number of ether oxygens (including phenoxy) is 1. The molecule has 0 fully saturated rings. The zero-order valence-corrected chi connectivity index (χ0v) is 18.3. The number of nitrogens with zero attached hydrogens (tertiary/aromatic N) is 3. The Morgan fingerprint density at radius 3 is 2.57 bits per heavy atom. The molecular weight excluding hydrogens is 396 g/mol. The Kier molecular flexibility index (Phi) is 7.57. The molecule has 30 heavy (non-hydrogen) atoms. The molecule has 156 valence electrons. The molecule has 1 N–H and O–H groups in total. The smallest absolute Gasteiger partial charge is 0.350 e. The van der Waals surface area contributed by atoms with Gasteiger partial charge in [0.1, 0.15) is 4.88 Å². The highest BCUT2D eigenvalue weighted by atomic mass is 32.1. The van der Waals surface area contributed by atoms with E-state index in [0.29, 0.717) is 22.3 Å². The van der Waals surface area contributed by atoms with Gasteiger partial charge in [0.2, 0.25) is 5.13 Å². The standard InChI is InChI=1S/C23H26N4O2S/c1-4-27(16-19-9-7-6-8-10-19)20-13-11-18(12-14-20)15-24-26-23-25-17(3)21(30-23)22(28)29-5-2/h6-15H,4-5,16H2,1-3H3,(H,25,26)/b24-15-. The Bertz CT molecular complexity index is 984. The fraction of sp³-hybridized carbons (Fsp3) is 0.261. The number of thiazole rings is 1. The number of hydrazone groups is 1. The second kappa shape index (κ2) is 10.5. The largest absolute Gasteiger partial charge is 0.462 e. The summed E-state index contributed by atoms with van der Waals surface area (Å²) in [5, 5.41) is 4.80. The molecule has 3 rings (SSSR count). The molecule has 0 amide bonds. The first-order chi connectivity index (χ1) is 14.6. The Labute approximate surface area is 181 Å². The Hall–Kier alpha value is -3.19. The monoisotopic (exact) mass is 422 g/mol. The molecule has 0 atom stereocenters. The van der Waals surface area contributed by atoms with Crippen LogP contribution in [-0.4, -0.2) is 30.3 Å². The molecule has 0 saturated heterocycles. The maximum Gasteiger partial charge on any atom is 0.350 e. The molecule has 0 aliphatic carbocycles. The Morgan fingerprint density at radius 2 is 1.90 bits per heavy atom. The molecule has 1 heterocycles. The van der Waals surface area contributed by atoms with Gasteiger partial charge in [0.15, 0.2) is 0 Å². The maximum absolute atomic E-state index is 11.9. The summed E-state index contributed by atoms with van der Waals surface area (Å²) < 4.78 is 5.03. The highest BCUT2D eigenvalue weighted by molar-refractivity contribution is 7.17. The lowest BCUT2D eigenvalue weighted by Crippen LogP contribution is -2.21. The van der Waals surface area contributed by atoms with Crippen molar-refractivity contribution in [3.05, 3.63) is 76.3 Å². The SMILES string of the molecule is CCOC(=O)c1sc(N/N=C\c2ccc(N(CC)Cc3ccccc3)cc2)nc1C. The van der Waals surface area contributed by atoms with Crippen molar-refractivity contribution in [1.29, 1.82) is 0 Å². The average molecular weight is 423 g/mol. The topological polar surface area (TPSA) is 66.8 Å². The van der Waals surface area contributed by atoms with Crippen LogP contribution < -0.4 is 10.3 Å². The molecule has 0 spiro atoms. The summed E-state index contributed by atoms with van der Waals surface area (Å²) in [5.41, 5.74) is 6.96. The number of rotatable bonds is 9. The van der Waals surface area contributed by atoms with Gasteiger partial charge in [0, 0.05) is 18.8 Å². The Morgan fingerprint density at radius 1 is 1.17 bits per heavy atom. The molecule has 0 aliphatic heterocycles. The van der Waals surface area contributed by atoms with E-state index >= 15 is 0 Å². The second-order valence-corrected chi connectivity index (χ2v) is 7.61. The molecule has 0 unspecified atom stereocenters. The van der Waals surface area contributed by atoms with Crippen molar-refractivity contribution in [3.63, 3.8) is 0 Å². The third kappa shape index (κ3) is 5.67. The summed E-state index contributed by atoms with van der Waals surface area (Å²) in [6.45, 7) is 7.86. The van der Waals surface area contributed by atoms with Crippen LogP contribution in [0.25, 0.3) is 0 Å². The average Bonchev–Trinajstić information content (AvgIpc) is 3.14. The molecule has 3 aromatic rings. The normalized spacial score (nSPS) is 10.9. The molecule has 0 radical (unpaired) electrons. The van der Waals surface area contributed by atoms with Crippen LogP contribution in [0.5, 0.6) is 0 Å². The molecule has 7 heteroatoms. The van der Waals surface area contributed by atoms with Crippen molar-refractivity contribution < 1.29 is 9.53 Å². The van der Waals surface area contributed by atoms with Crippen LogP contribution in [0.1, 0.15) is 40.3 Å². The van der Waals surface area contributed by atoms with E-state index in [1.165, 1.54) is 22.6 Å². The fourth-order valence-electron chi connectivity index (χ4n) is 2.95. The van der Waals surface area contributed by atoms with Crippen LogP contribution in [0.3, 0.4) is 0 Å². The van der Waals surface area contributed by atoms with Crippen LogP contribution in [0, 0.1) is 6.92 Å². The van der Waals surface area contributed by atoms with Gasteiger partial charge >= 0.3 is 5.97 Å². The fourth-order valence-corrected chi connectivity index (χ4v) is 3.76. The Balaban J connectivity index is 1.60. The highest BCUT2D eigenvalue weighted by Crippen LogP contribution is 2.23. The summed E-state index contributed by atoms with van der Waals surface area (Å²) >= 11 is 1.24. The second-order valence-electron chi connectivity index (χ2n) is 6.62. The number of nitrogens with one attached hydrogen (secondary N) is 1. The number of carbonyl (C=O) groups excluding carboxylic acids is 1. The van der Waals surface area contributed by atoms with Gasteiger partial charge in [0.05, 0.1) is 18.5 Å². The van der Waals surface area contributed by atoms with Crippen LogP contribution in [0.15, 0.2) is 59.7 Å². The summed E-state index contributed by atoms with van der Waals surface area (Å²) in [6, 6.07) is 18.7. The lowest BCUT2D eigenvalue weighted by atomic mass is 10.1. The van der Waals surface area contributed by atoms with E-state index in [1.807, 2.05) is 18.2 Å². The van der Waals surface area contributed by atoms with E-state index in [4.69, 9.17) is 4.74 Å². The van der Waals surface area contributed by atoms with E-state index in [-0.39, 0.29) is 5.97 Å². The van der Waals surface area contributed by atoms with Crippen LogP contribution >= 0.6 is 11.3 Å².